The predicted octanol–water partition coefficient (Wildman–Crippen LogP) is 1.89. The molecule has 7 nitrogen and oxygen atoms in total. The molecule has 0 aliphatic heterocycles. The van der Waals surface area contributed by atoms with Crippen molar-refractivity contribution in [1.82, 2.24) is 5.32 Å². The molecule has 0 aromatic heterocycles. The minimum Gasteiger partial charge on any atom is -0.480 e. The quantitative estimate of drug-likeness (QED) is 0.554. The van der Waals surface area contributed by atoms with Gasteiger partial charge in [-0.25, -0.2) is 9.59 Å². The maximum Gasteiger partial charge on any atom is 0.408 e. The van der Waals surface area contributed by atoms with Crippen molar-refractivity contribution in [2.24, 2.45) is 11.5 Å². The van der Waals surface area contributed by atoms with Crippen LogP contribution in [0, 0.1) is 0 Å². The second-order valence-electron chi connectivity index (χ2n) is 6.51. The highest BCUT2D eigenvalue weighted by atomic mass is 16.6. The number of carboxylic acids is 1. The number of hydrogen-bond donors (Lipinski definition) is 4. The lowest BCUT2D eigenvalue weighted by atomic mass is 10.1. The molecule has 0 aliphatic carbocycles. The first-order chi connectivity index (χ1) is 11.7. The maximum absolute atomic E-state index is 11.6. The number of carboxylic acid groups (broad SMARTS) is 1. The molecule has 6 N–H and O–H groups in total. The number of rotatable bonds is 7. The molecule has 1 atom stereocenters. The fourth-order valence-electron chi connectivity index (χ4n) is 1.79. The summed E-state index contributed by atoms with van der Waals surface area (Å²) in [6.45, 7) is 6.72. The Balaban J connectivity index is 0.000000823. The maximum atomic E-state index is 11.6. The van der Waals surface area contributed by atoms with Crippen LogP contribution in [-0.2, 0) is 16.0 Å². The summed E-state index contributed by atoms with van der Waals surface area (Å²) in [7, 11) is 0. The largest absolute Gasteiger partial charge is 0.480 e. The Morgan fingerprint density at radius 2 is 1.64 bits per heavy atom. The van der Waals surface area contributed by atoms with Gasteiger partial charge in [0.2, 0.25) is 0 Å². The number of ether oxygens (including phenoxy) is 1. The van der Waals surface area contributed by atoms with E-state index < -0.39 is 23.7 Å². The van der Waals surface area contributed by atoms with Gasteiger partial charge in [-0.15, -0.1) is 0 Å². The molecule has 1 rings (SSSR count). The number of amides is 1. The predicted molar refractivity (Wildman–Crippen MR) is 98.3 cm³/mol. The molecule has 0 fully saturated rings. The van der Waals surface area contributed by atoms with E-state index >= 15 is 0 Å². The van der Waals surface area contributed by atoms with Crippen LogP contribution in [0.25, 0.3) is 0 Å². The van der Waals surface area contributed by atoms with Gasteiger partial charge < -0.3 is 26.6 Å². The van der Waals surface area contributed by atoms with E-state index in [1.807, 2.05) is 30.3 Å². The molecular formula is C18H31N3O4. The van der Waals surface area contributed by atoms with Crippen LogP contribution in [0.5, 0.6) is 0 Å². The van der Waals surface area contributed by atoms with Crippen molar-refractivity contribution in [2.45, 2.75) is 51.7 Å². The van der Waals surface area contributed by atoms with Crippen LogP contribution in [0.3, 0.4) is 0 Å². The molecule has 0 heterocycles. The number of carbonyl (C=O) groups excluding carboxylic acids is 1. The first-order valence-corrected chi connectivity index (χ1v) is 8.36. The first kappa shape index (κ1) is 22.9. The summed E-state index contributed by atoms with van der Waals surface area (Å²) < 4.78 is 5.04. The van der Waals surface area contributed by atoms with E-state index in [0.717, 1.165) is 31.5 Å². The van der Waals surface area contributed by atoms with Crippen molar-refractivity contribution in [1.29, 1.82) is 0 Å². The molecule has 0 spiro atoms. The van der Waals surface area contributed by atoms with Crippen molar-refractivity contribution >= 4 is 12.1 Å². The fourth-order valence-corrected chi connectivity index (χ4v) is 1.79. The van der Waals surface area contributed by atoms with Gasteiger partial charge in [-0.3, -0.25) is 0 Å². The number of benzene rings is 1. The zero-order valence-corrected chi connectivity index (χ0v) is 15.3. The van der Waals surface area contributed by atoms with Gasteiger partial charge in [-0.05, 0) is 52.3 Å². The average molecular weight is 353 g/mol. The molecular weight excluding hydrogens is 322 g/mol. The Hall–Kier alpha value is -2.12. The lowest BCUT2D eigenvalue weighted by Crippen LogP contribution is -2.44. The van der Waals surface area contributed by atoms with Crippen LogP contribution in [0.4, 0.5) is 4.79 Å². The summed E-state index contributed by atoms with van der Waals surface area (Å²) in [5.41, 5.74) is 10.5. The number of nitrogens with one attached hydrogen (secondary N) is 1. The Kier molecular flexibility index (Phi) is 11.2. The van der Waals surface area contributed by atoms with Gasteiger partial charge in [0.25, 0.3) is 0 Å². The molecule has 25 heavy (non-hydrogen) atoms. The molecule has 142 valence electrons. The summed E-state index contributed by atoms with van der Waals surface area (Å²) in [6.07, 6.45) is 1.62. The molecule has 1 aromatic rings. The van der Waals surface area contributed by atoms with Gasteiger partial charge in [0.1, 0.15) is 11.6 Å². The second-order valence-corrected chi connectivity index (χ2v) is 6.51. The Morgan fingerprint density at radius 3 is 2.04 bits per heavy atom. The number of hydrogen-bond acceptors (Lipinski definition) is 5. The van der Waals surface area contributed by atoms with Gasteiger partial charge in [-0.1, -0.05) is 30.3 Å². The summed E-state index contributed by atoms with van der Waals surface area (Å²) in [6, 6.07) is 8.11. The topological polar surface area (TPSA) is 128 Å². The van der Waals surface area contributed by atoms with Crippen LogP contribution in [-0.4, -0.2) is 41.9 Å². The Morgan fingerprint density at radius 1 is 1.12 bits per heavy atom. The minimum absolute atomic E-state index is 0.218. The van der Waals surface area contributed by atoms with Gasteiger partial charge in [0.15, 0.2) is 0 Å². The Bertz CT molecular complexity index is 497. The van der Waals surface area contributed by atoms with Crippen molar-refractivity contribution in [3.8, 4) is 0 Å². The van der Waals surface area contributed by atoms with Crippen LogP contribution in [0.1, 0.15) is 39.2 Å². The number of unbranched alkanes of at least 4 members (excludes halogenated alkanes) is 1. The first-order valence-electron chi connectivity index (χ1n) is 8.36. The zero-order valence-electron chi connectivity index (χ0n) is 15.3. The van der Waals surface area contributed by atoms with Gasteiger partial charge in [-0.2, -0.15) is 0 Å². The highest BCUT2D eigenvalue weighted by molar-refractivity contribution is 5.80. The third-order valence-corrected chi connectivity index (χ3v) is 2.93. The highest BCUT2D eigenvalue weighted by Crippen LogP contribution is 2.08. The third kappa shape index (κ3) is 12.9. The highest BCUT2D eigenvalue weighted by Gasteiger charge is 2.24. The molecule has 0 saturated carbocycles. The van der Waals surface area contributed by atoms with E-state index in [4.69, 9.17) is 21.3 Å². The van der Waals surface area contributed by atoms with E-state index in [-0.39, 0.29) is 6.42 Å². The van der Waals surface area contributed by atoms with E-state index in [2.05, 4.69) is 5.32 Å². The van der Waals surface area contributed by atoms with E-state index in [1.165, 1.54) is 0 Å². The van der Waals surface area contributed by atoms with E-state index in [1.54, 1.807) is 20.8 Å². The van der Waals surface area contributed by atoms with Crippen LogP contribution < -0.4 is 16.8 Å². The number of nitrogens with two attached hydrogens (primary N) is 2. The van der Waals surface area contributed by atoms with Gasteiger partial charge in [0.05, 0.1) is 0 Å². The third-order valence-electron chi connectivity index (χ3n) is 2.93. The molecule has 0 aliphatic rings. The SMILES string of the molecule is CC(C)(C)OC(=O)NC(Cc1ccccc1)C(=O)O.NCCCCN. The monoisotopic (exact) mass is 353 g/mol. The Labute approximate surface area is 149 Å². The molecule has 1 amide bonds. The molecule has 1 aromatic carbocycles. The van der Waals surface area contributed by atoms with Crippen molar-refractivity contribution in [2.75, 3.05) is 13.1 Å². The van der Waals surface area contributed by atoms with Gasteiger partial charge >= 0.3 is 12.1 Å². The lowest BCUT2D eigenvalue weighted by molar-refractivity contribution is -0.139. The number of alkyl carbamates (subject to hydrolysis) is 1. The normalized spacial score (nSPS) is 11.7. The van der Waals surface area contributed by atoms with Crippen LogP contribution in [0.2, 0.25) is 0 Å². The number of carbonyl (C=O) groups is 2. The lowest BCUT2D eigenvalue weighted by Gasteiger charge is -2.22. The van der Waals surface area contributed by atoms with Crippen molar-refractivity contribution in [3.05, 3.63) is 35.9 Å². The molecule has 7 heteroatoms. The smallest absolute Gasteiger partial charge is 0.408 e. The summed E-state index contributed by atoms with van der Waals surface area (Å²) >= 11 is 0. The summed E-state index contributed by atoms with van der Waals surface area (Å²) in [5.74, 6) is -1.09. The summed E-state index contributed by atoms with van der Waals surface area (Å²) in [5, 5.41) is 11.5. The molecule has 0 bridgehead atoms. The van der Waals surface area contributed by atoms with E-state index in [9.17, 15) is 9.59 Å². The average Bonchev–Trinajstić information content (AvgIpc) is 2.52. The minimum atomic E-state index is -1.09. The standard InChI is InChI=1S/C14H19NO4.C4H12N2/c1-14(2,3)19-13(18)15-11(12(16)17)9-10-7-5-4-6-8-10;5-3-1-2-4-6/h4-8,11H,9H2,1-3H3,(H,15,18)(H,16,17);1-6H2. The van der Waals surface area contributed by atoms with Crippen LogP contribution >= 0.6 is 0 Å². The molecule has 0 radical (unpaired) electrons. The van der Waals surface area contributed by atoms with Gasteiger partial charge in [0, 0.05) is 6.42 Å². The van der Waals surface area contributed by atoms with Crippen molar-refractivity contribution < 1.29 is 19.4 Å². The van der Waals surface area contributed by atoms with Crippen molar-refractivity contribution in [3.63, 3.8) is 0 Å². The molecule has 0 saturated heterocycles. The van der Waals surface area contributed by atoms with E-state index in [0.29, 0.717) is 0 Å². The number of aliphatic carboxylic acids is 1. The zero-order chi connectivity index (χ0) is 19.3. The van der Waals surface area contributed by atoms with Crippen LogP contribution in [0.15, 0.2) is 30.3 Å². The molecule has 1 unspecified atom stereocenters. The summed E-state index contributed by atoms with van der Waals surface area (Å²) in [4.78, 5) is 22.7. The second kappa shape index (κ2) is 12.3. The fraction of sp³-hybridized carbons (Fsp3) is 0.556.